The Balaban J connectivity index is 0.00000112. The summed E-state index contributed by atoms with van der Waals surface area (Å²) in [6, 6.07) is 10.3. The molecular weight excluding hydrogens is 210 g/mol. The number of aliphatic imine (C=N–C) groups is 1. The van der Waals surface area contributed by atoms with Crippen LogP contribution in [0.3, 0.4) is 0 Å². The Kier molecular flexibility index (Phi) is 3.58. The highest BCUT2D eigenvalue weighted by atomic mass is 35.5. The van der Waals surface area contributed by atoms with E-state index in [9.17, 15) is 0 Å². The zero-order valence-electron chi connectivity index (χ0n) is 8.73. The summed E-state index contributed by atoms with van der Waals surface area (Å²) < 4.78 is 0. The van der Waals surface area contributed by atoms with E-state index in [1.54, 1.807) is 0 Å². The third kappa shape index (κ3) is 2.42. The molecule has 0 aliphatic carbocycles. The van der Waals surface area contributed by atoms with E-state index in [0.29, 0.717) is 5.96 Å². The molecule has 0 spiro atoms. The van der Waals surface area contributed by atoms with Crippen LogP contribution in [0.5, 0.6) is 0 Å². The molecule has 0 amide bonds. The normalized spacial score (nSPS) is 24.7. The standard InChI is InChI=1S/C11H15N3.ClH/c1-11(7-8-13-10(12)14-11)9-5-3-2-4-6-9;/h2-6H,7-8H2,1H3,(H3,12,13,14);1H. The lowest BCUT2D eigenvalue weighted by Crippen LogP contribution is -2.50. The monoisotopic (exact) mass is 225 g/mol. The summed E-state index contributed by atoms with van der Waals surface area (Å²) in [7, 11) is 0. The summed E-state index contributed by atoms with van der Waals surface area (Å²) in [6.07, 6.45) is 0.984. The summed E-state index contributed by atoms with van der Waals surface area (Å²) in [4.78, 5) is 4.13. The molecule has 1 aromatic carbocycles. The van der Waals surface area contributed by atoms with Crippen LogP contribution in [0.2, 0.25) is 0 Å². The smallest absolute Gasteiger partial charge is 0.189 e. The Hall–Kier alpha value is -1.22. The van der Waals surface area contributed by atoms with Crippen molar-refractivity contribution in [2.75, 3.05) is 6.54 Å². The lowest BCUT2D eigenvalue weighted by Gasteiger charge is -2.34. The van der Waals surface area contributed by atoms with E-state index in [1.807, 2.05) is 18.2 Å². The van der Waals surface area contributed by atoms with E-state index in [-0.39, 0.29) is 17.9 Å². The second-order valence-corrected chi connectivity index (χ2v) is 3.84. The van der Waals surface area contributed by atoms with Gasteiger partial charge in [-0.05, 0) is 18.9 Å². The highest BCUT2D eigenvalue weighted by Crippen LogP contribution is 2.25. The SMILES string of the molecule is CC1(c2ccccc2)CCN=C(N)N1.Cl. The minimum absolute atomic E-state index is 0. The first-order valence-electron chi connectivity index (χ1n) is 4.84. The Morgan fingerprint density at radius 1 is 1.33 bits per heavy atom. The molecule has 0 bridgehead atoms. The zero-order chi connectivity index (χ0) is 10.0. The van der Waals surface area contributed by atoms with Crippen LogP contribution in [0.1, 0.15) is 18.9 Å². The van der Waals surface area contributed by atoms with Gasteiger partial charge >= 0.3 is 0 Å². The van der Waals surface area contributed by atoms with E-state index < -0.39 is 0 Å². The molecule has 0 radical (unpaired) electrons. The van der Waals surface area contributed by atoms with Crippen molar-refractivity contribution in [3.63, 3.8) is 0 Å². The predicted octanol–water partition coefficient (Wildman–Crippen LogP) is 1.63. The Morgan fingerprint density at radius 2 is 2.00 bits per heavy atom. The molecule has 3 N–H and O–H groups in total. The molecule has 15 heavy (non-hydrogen) atoms. The average molecular weight is 226 g/mol. The first kappa shape index (κ1) is 11.9. The van der Waals surface area contributed by atoms with Gasteiger partial charge in [0.1, 0.15) is 0 Å². The van der Waals surface area contributed by atoms with Gasteiger partial charge in [0, 0.05) is 6.54 Å². The van der Waals surface area contributed by atoms with E-state index in [2.05, 4.69) is 29.4 Å². The maximum absolute atomic E-state index is 5.69. The van der Waals surface area contributed by atoms with Gasteiger partial charge in [0.05, 0.1) is 5.54 Å². The second-order valence-electron chi connectivity index (χ2n) is 3.84. The molecule has 1 atom stereocenters. The molecule has 1 aromatic rings. The van der Waals surface area contributed by atoms with Gasteiger partial charge in [0.15, 0.2) is 5.96 Å². The fourth-order valence-corrected chi connectivity index (χ4v) is 1.81. The van der Waals surface area contributed by atoms with E-state index >= 15 is 0 Å². The van der Waals surface area contributed by atoms with Gasteiger partial charge in [-0.15, -0.1) is 12.4 Å². The van der Waals surface area contributed by atoms with Crippen LogP contribution in [-0.4, -0.2) is 12.5 Å². The van der Waals surface area contributed by atoms with Crippen LogP contribution in [0.25, 0.3) is 0 Å². The zero-order valence-corrected chi connectivity index (χ0v) is 9.55. The number of hydrogen-bond acceptors (Lipinski definition) is 3. The lowest BCUT2D eigenvalue weighted by molar-refractivity contribution is 0.389. The van der Waals surface area contributed by atoms with Crippen molar-refractivity contribution in [3.05, 3.63) is 35.9 Å². The number of nitrogens with zero attached hydrogens (tertiary/aromatic N) is 1. The third-order valence-electron chi connectivity index (χ3n) is 2.71. The topological polar surface area (TPSA) is 50.4 Å². The van der Waals surface area contributed by atoms with Crippen LogP contribution >= 0.6 is 12.4 Å². The van der Waals surface area contributed by atoms with Crippen molar-refractivity contribution in [3.8, 4) is 0 Å². The minimum atomic E-state index is -0.0624. The molecule has 1 heterocycles. The third-order valence-corrected chi connectivity index (χ3v) is 2.71. The molecule has 0 aromatic heterocycles. The van der Waals surface area contributed by atoms with Crippen LogP contribution in [-0.2, 0) is 5.54 Å². The molecule has 0 saturated carbocycles. The number of rotatable bonds is 1. The number of benzene rings is 1. The predicted molar refractivity (Wildman–Crippen MR) is 65.3 cm³/mol. The molecule has 1 aliphatic rings. The molecule has 82 valence electrons. The minimum Gasteiger partial charge on any atom is -0.370 e. The highest BCUT2D eigenvalue weighted by Gasteiger charge is 2.28. The van der Waals surface area contributed by atoms with Gasteiger partial charge in [0.2, 0.25) is 0 Å². The van der Waals surface area contributed by atoms with Crippen molar-refractivity contribution in [1.82, 2.24) is 5.32 Å². The first-order valence-corrected chi connectivity index (χ1v) is 4.84. The van der Waals surface area contributed by atoms with Crippen molar-refractivity contribution in [2.24, 2.45) is 10.7 Å². The maximum Gasteiger partial charge on any atom is 0.189 e. The number of halogens is 1. The van der Waals surface area contributed by atoms with E-state index in [4.69, 9.17) is 5.73 Å². The molecule has 1 aliphatic heterocycles. The second kappa shape index (κ2) is 4.53. The quantitative estimate of drug-likeness (QED) is 0.764. The summed E-state index contributed by atoms with van der Waals surface area (Å²) >= 11 is 0. The van der Waals surface area contributed by atoms with Crippen LogP contribution in [0, 0.1) is 0 Å². The number of guanidine groups is 1. The fraction of sp³-hybridized carbons (Fsp3) is 0.364. The van der Waals surface area contributed by atoms with Crippen LogP contribution in [0.4, 0.5) is 0 Å². The molecule has 4 heteroatoms. The summed E-state index contributed by atoms with van der Waals surface area (Å²) in [5.41, 5.74) is 6.89. The fourth-order valence-electron chi connectivity index (χ4n) is 1.81. The molecule has 0 fully saturated rings. The highest BCUT2D eigenvalue weighted by molar-refractivity contribution is 5.85. The van der Waals surface area contributed by atoms with Crippen molar-refractivity contribution in [1.29, 1.82) is 0 Å². The van der Waals surface area contributed by atoms with Gasteiger partial charge in [-0.1, -0.05) is 30.3 Å². The maximum atomic E-state index is 5.69. The number of hydrogen-bond donors (Lipinski definition) is 2. The largest absolute Gasteiger partial charge is 0.370 e. The van der Waals surface area contributed by atoms with Gasteiger partial charge in [-0.2, -0.15) is 0 Å². The Morgan fingerprint density at radius 3 is 2.60 bits per heavy atom. The molecular formula is C11H16ClN3. The summed E-state index contributed by atoms with van der Waals surface area (Å²) in [5.74, 6) is 0.544. The Labute approximate surface area is 96.2 Å². The van der Waals surface area contributed by atoms with Gasteiger partial charge in [0.25, 0.3) is 0 Å². The van der Waals surface area contributed by atoms with Crippen LogP contribution in [0.15, 0.2) is 35.3 Å². The molecule has 2 rings (SSSR count). The van der Waals surface area contributed by atoms with Crippen molar-refractivity contribution >= 4 is 18.4 Å². The lowest BCUT2D eigenvalue weighted by atomic mass is 9.88. The molecule has 1 unspecified atom stereocenters. The van der Waals surface area contributed by atoms with Crippen molar-refractivity contribution < 1.29 is 0 Å². The summed E-state index contributed by atoms with van der Waals surface area (Å²) in [5, 5.41) is 3.24. The first-order chi connectivity index (χ1) is 6.71. The molecule has 0 saturated heterocycles. The van der Waals surface area contributed by atoms with Gasteiger partial charge in [-0.3, -0.25) is 4.99 Å². The van der Waals surface area contributed by atoms with Gasteiger partial charge < -0.3 is 11.1 Å². The number of nitrogens with two attached hydrogens (primary N) is 1. The molecule has 3 nitrogen and oxygen atoms in total. The average Bonchev–Trinajstić information content (AvgIpc) is 2.19. The summed E-state index contributed by atoms with van der Waals surface area (Å²) in [6.45, 7) is 2.95. The van der Waals surface area contributed by atoms with Gasteiger partial charge in [-0.25, -0.2) is 0 Å². The van der Waals surface area contributed by atoms with Crippen LogP contribution < -0.4 is 11.1 Å². The Bertz CT molecular complexity index is 350. The number of nitrogens with one attached hydrogen (secondary N) is 1. The van der Waals surface area contributed by atoms with E-state index in [1.165, 1.54) is 5.56 Å². The van der Waals surface area contributed by atoms with E-state index in [0.717, 1.165) is 13.0 Å². The van der Waals surface area contributed by atoms with Crippen molar-refractivity contribution in [2.45, 2.75) is 18.9 Å².